The molecule has 1 aliphatic heterocycles. The lowest BCUT2D eigenvalue weighted by Gasteiger charge is -2.26. The van der Waals surface area contributed by atoms with E-state index in [-0.39, 0.29) is 23.5 Å². The van der Waals surface area contributed by atoms with Crippen LogP contribution in [0, 0.1) is 18.7 Å². The molecule has 0 bridgehead atoms. The number of sulfonamides is 1. The number of pyridine rings is 1. The maximum Gasteiger partial charge on any atom is 0.233 e. The van der Waals surface area contributed by atoms with Crippen LogP contribution in [0.15, 0.2) is 42.7 Å². The van der Waals surface area contributed by atoms with Crippen LogP contribution in [0.1, 0.15) is 68.7 Å². The lowest BCUT2D eigenvalue weighted by molar-refractivity contribution is 0.383. The van der Waals surface area contributed by atoms with Gasteiger partial charge in [-0.1, -0.05) is 44.7 Å². The second-order valence-corrected chi connectivity index (χ2v) is 11.4. The summed E-state index contributed by atoms with van der Waals surface area (Å²) in [6, 6.07) is 6.07. The van der Waals surface area contributed by atoms with E-state index in [2.05, 4.69) is 19.4 Å². The first-order valence-corrected chi connectivity index (χ1v) is 14.3. The van der Waals surface area contributed by atoms with Crippen LogP contribution in [0.5, 0.6) is 0 Å². The highest BCUT2D eigenvalue weighted by molar-refractivity contribution is 7.92. The number of nitrogens with zero attached hydrogens (tertiary/aromatic N) is 2. The smallest absolute Gasteiger partial charge is 0.233 e. The van der Waals surface area contributed by atoms with Crippen LogP contribution in [0.25, 0.3) is 17.2 Å². The van der Waals surface area contributed by atoms with Crippen LogP contribution in [0.3, 0.4) is 0 Å². The highest BCUT2D eigenvalue weighted by atomic mass is 32.2. The summed E-state index contributed by atoms with van der Waals surface area (Å²) >= 11 is 0. The van der Waals surface area contributed by atoms with Gasteiger partial charge in [0.2, 0.25) is 10.0 Å². The molecule has 0 fully saturated rings. The maximum absolute atomic E-state index is 13.8. The predicted molar refractivity (Wildman–Crippen MR) is 151 cm³/mol. The molecule has 0 amide bonds. The number of allylic oxidation sites excluding steroid dienone is 1. The zero-order chi connectivity index (χ0) is 27.8. The third-order valence-corrected chi connectivity index (χ3v) is 7.37. The minimum atomic E-state index is -3.52. The van der Waals surface area contributed by atoms with Gasteiger partial charge in [0.1, 0.15) is 11.6 Å². The summed E-state index contributed by atoms with van der Waals surface area (Å²) in [6.45, 7) is 7.94. The van der Waals surface area contributed by atoms with Crippen molar-refractivity contribution in [3.63, 3.8) is 0 Å². The molecule has 0 saturated carbocycles. The van der Waals surface area contributed by atoms with Crippen LogP contribution in [0.2, 0.25) is 0 Å². The number of fused-ring (bicyclic) bond motifs is 1. The fraction of sp³-hybridized carbons (Fsp3) is 0.414. The SMILES string of the molecule is C#C.C=C(O)CCC[C@H](N)/C=C/c1c(C(C)C)nc2c(c1-c1ccc(F)cc1)CCCCN2S(C)(=O)=O. The van der Waals surface area contributed by atoms with Gasteiger partial charge < -0.3 is 10.8 Å². The number of anilines is 1. The monoisotopic (exact) mass is 527 g/mol. The summed E-state index contributed by atoms with van der Waals surface area (Å²) in [5.74, 6) is 0.293. The number of rotatable bonds is 9. The summed E-state index contributed by atoms with van der Waals surface area (Å²) in [5, 5.41) is 9.33. The van der Waals surface area contributed by atoms with Gasteiger partial charge in [-0.3, -0.25) is 4.31 Å². The minimum absolute atomic E-state index is 0.0118. The summed E-state index contributed by atoms with van der Waals surface area (Å²) in [4.78, 5) is 4.92. The number of aliphatic hydroxyl groups excluding tert-OH is 1. The van der Waals surface area contributed by atoms with Crippen molar-refractivity contribution < 1.29 is 17.9 Å². The molecule has 2 heterocycles. The van der Waals surface area contributed by atoms with Gasteiger partial charge in [-0.15, -0.1) is 12.8 Å². The van der Waals surface area contributed by atoms with Crippen molar-refractivity contribution in [3.8, 4) is 24.0 Å². The lowest BCUT2D eigenvalue weighted by Crippen LogP contribution is -2.32. The average Bonchev–Trinajstić information content (AvgIpc) is 3.06. The normalized spacial score (nSPS) is 14.5. The van der Waals surface area contributed by atoms with Crippen molar-refractivity contribution in [3.05, 3.63) is 65.3 Å². The minimum Gasteiger partial charge on any atom is -0.513 e. The molecular weight excluding hydrogens is 489 g/mol. The molecule has 0 unspecified atom stereocenters. The Morgan fingerprint density at radius 1 is 1.27 bits per heavy atom. The zero-order valence-electron chi connectivity index (χ0n) is 22.0. The van der Waals surface area contributed by atoms with E-state index in [9.17, 15) is 17.9 Å². The molecule has 3 rings (SSSR count). The fourth-order valence-electron chi connectivity index (χ4n) is 4.49. The van der Waals surface area contributed by atoms with Crippen molar-refractivity contribution in [1.29, 1.82) is 0 Å². The quantitative estimate of drug-likeness (QED) is 0.311. The number of nitrogens with two attached hydrogens (primary N) is 1. The number of terminal acetylenes is 1. The average molecular weight is 528 g/mol. The highest BCUT2D eigenvalue weighted by Crippen LogP contribution is 2.41. The summed E-state index contributed by atoms with van der Waals surface area (Å²) in [7, 11) is -3.52. The topological polar surface area (TPSA) is 96.5 Å². The molecule has 8 heteroatoms. The summed E-state index contributed by atoms with van der Waals surface area (Å²) in [5.41, 5.74) is 10.5. The van der Waals surface area contributed by atoms with Gasteiger partial charge in [-0.25, -0.2) is 17.8 Å². The molecule has 0 aliphatic carbocycles. The second kappa shape index (κ2) is 13.4. The van der Waals surface area contributed by atoms with Crippen molar-refractivity contribution in [2.75, 3.05) is 17.1 Å². The Morgan fingerprint density at radius 3 is 2.49 bits per heavy atom. The molecule has 200 valence electrons. The predicted octanol–water partition coefficient (Wildman–Crippen LogP) is 5.95. The molecule has 6 nitrogen and oxygen atoms in total. The molecule has 3 N–H and O–H groups in total. The second-order valence-electron chi connectivity index (χ2n) is 9.52. The van der Waals surface area contributed by atoms with Crippen molar-refractivity contribution in [2.24, 2.45) is 5.73 Å². The first-order valence-electron chi connectivity index (χ1n) is 12.4. The van der Waals surface area contributed by atoms with Crippen LogP contribution in [-0.2, 0) is 16.4 Å². The largest absolute Gasteiger partial charge is 0.513 e. The van der Waals surface area contributed by atoms with E-state index >= 15 is 0 Å². The van der Waals surface area contributed by atoms with Gasteiger partial charge in [0.15, 0.2) is 0 Å². The molecule has 2 aromatic rings. The molecule has 1 atom stereocenters. The van der Waals surface area contributed by atoms with E-state index in [1.54, 1.807) is 12.1 Å². The Hall–Kier alpha value is -3.15. The van der Waals surface area contributed by atoms with Gasteiger partial charge in [-0.2, -0.15) is 0 Å². The van der Waals surface area contributed by atoms with E-state index in [4.69, 9.17) is 10.7 Å². The molecule has 1 aromatic heterocycles. The lowest BCUT2D eigenvalue weighted by atomic mass is 9.88. The third kappa shape index (κ3) is 7.91. The van der Waals surface area contributed by atoms with Crippen LogP contribution in [-0.4, -0.2) is 37.4 Å². The first-order chi connectivity index (χ1) is 17.5. The molecule has 0 radical (unpaired) electrons. The number of aromatic nitrogens is 1. The first kappa shape index (κ1) is 30.1. The maximum atomic E-state index is 13.8. The van der Waals surface area contributed by atoms with Crippen molar-refractivity contribution in [1.82, 2.24) is 4.98 Å². The molecule has 37 heavy (non-hydrogen) atoms. The fourth-order valence-corrected chi connectivity index (χ4v) is 5.41. The van der Waals surface area contributed by atoms with Gasteiger partial charge in [-0.05, 0) is 61.3 Å². The van der Waals surface area contributed by atoms with Gasteiger partial charge in [0.25, 0.3) is 0 Å². The van der Waals surface area contributed by atoms with Crippen LogP contribution < -0.4 is 10.0 Å². The van der Waals surface area contributed by atoms with E-state index in [1.807, 2.05) is 26.0 Å². The van der Waals surface area contributed by atoms with Crippen molar-refractivity contribution in [2.45, 2.75) is 64.3 Å². The van der Waals surface area contributed by atoms with Crippen LogP contribution >= 0.6 is 0 Å². The Bertz CT molecular complexity index is 1240. The Labute approximate surface area is 221 Å². The van der Waals surface area contributed by atoms with E-state index < -0.39 is 10.0 Å². The van der Waals surface area contributed by atoms with Crippen LogP contribution in [0.4, 0.5) is 10.2 Å². The number of hydrogen-bond donors (Lipinski definition) is 2. The van der Waals surface area contributed by atoms with E-state index in [0.29, 0.717) is 38.0 Å². The number of benzene rings is 1. The highest BCUT2D eigenvalue weighted by Gasteiger charge is 2.29. The van der Waals surface area contributed by atoms with Gasteiger partial charge >= 0.3 is 0 Å². The van der Waals surface area contributed by atoms with E-state index in [1.165, 1.54) is 22.7 Å². The molecule has 0 spiro atoms. The molecule has 0 saturated heterocycles. The number of hydrogen-bond acceptors (Lipinski definition) is 5. The molecule has 1 aliphatic rings. The Morgan fingerprint density at radius 2 is 1.92 bits per heavy atom. The molecular formula is C29H38FN3O3S. The Balaban J connectivity index is 0.00000235. The summed E-state index contributed by atoms with van der Waals surface area (Å²) in [6.07, 6.45) is 17.2. The standard InChI is InChI=1S/C27H36FN3O3S.C2H2/c1-18(2)26-23(16-15-22(29)9-7-8-19(3)32)25(20-11-13-21(28)14-12-20)24-10-5-6-17-31(27(24)30-26)35(4,33)34;1-2/h11-16,18,22,32H,3,5-10,17,29H2,1-2,4H3;1-2H/b16-15+;/t22-;/m0./s1. The van der Waals surface area contributed by atoms with E-state index in [0.717, 1.165) is 40.8 Å². The number of aliphatic hydroxyl groups is 1. The van der Waals surface area contributed by atoms with Crippen molar-refractivity contribution >= 4 is 21.9 Å². The number of halogens is 1. The third-order valence-electron chi connectivity index (χ3n) is 6.21. The Kier molecular flexibility index (Phi) is 10.9. The van der Waals surface area contributed by atoms with Gasteiger partial charge in [0.05, 0.1) is 17.7 Å². The van der Waals surface area contributed by atoms with Gasteiger partial charge in [0, 0.05) is 30.1 Å². The summed E-state index contributed by atoms with van der Waals surface area (Å²) < 4.78 is 40.6. The molecule has 1 aromatic carbocycles. The zero-order valence-corrected chi connectivity index (χ0v) is 22.8.